The first-order chi connectivity index (χ1) is 9.19. The van der Waals surface area contributed by atoms with Crippen LogP contribution in [0.5, 0.6) is 5.75 Å². The summed E-state index contributed by atoms with van der Waals surface area (Å²) in [4.78, 5) is 11.9. The van der Waals surface area contributed by atoms with Crippen LogP contribution in [0.4, 0.5) is 0 Å². The highest BCUT2D eigenvalue weighted by atomic mass is 16.5. The van der Waals surface area contributed by atoms with Crippen LogP contribution in [0.3, 0.4) is 0 Å². The smallest absolute Gasteiger partial charge is 0.251 e. The van der Waals surface area contributed by atoms with Crippen molar-refractivity contribution in [2.24, 2.45) is 0 Å². The molecule has 2 N–H and O–H groups in total. The predicted octanol–water partition coefficient (Wildman–Crippen LogP) is 1.96. The van der Waals surface area contributed by atoms with Crippen LogP contribution < -0.4 is 15.4 Å². The fourth-order valence-electron chi connectivity index (χ4n) is 1.82. The van der Waals surface area contributed by atoms with E-state index in [1.54, 1.807) is 0 Å². The van der Waals surface area contributed by atoms with Gasteiger partial charge in [0.1, 0.15) is 5.75 Å². The number of nitrogens with one attached hydrogen (secondary N) is 2. The lowest BCUT2D eigenvalue weighted by atomic mass is 9.96. The molecule has 19 heavy (non-hydrogen) atoms. The molecule has 4 heteroatoms. The van der Waals surface area contributed by atoms with E-state index in [2.05, 4.69) is 10.6 Å². The van der Waals surface area contributed by atoms with Crippen molar-refractivity contribution in [3.8, 4) is 5.75 Å². The van der Waals surface area contributed by atoms with Gasteiger partial charge in [-0.2, -0.15) is 0 Å². The molecule has 1 aromatic rings. The van der Waals surface area contributed by atoms with E-state index in [9.17, 15) is 4.79 Å². The van der Waals surface area contributed by atoms with Crippen molar-refractivity contribution in [1.82, 2.24) is 10.6 Å². The molecule has 104 valence electrons. The molecule has 4 nitrogen and oxygen atoms in total. The zero-order valence-corrected chi connectivity index (χ0v) is 11.6. The fraction of sp³-hybridized carbons (Fsp3) is 0.533. The molecule has 2 rings (SSSR count). The second-order valence-electron chi connectivity index (χ2n) is 5.09. The summed E-state index contributed by atoms with van der Waals surface area (Å²) in [5.41, 5.74) is 0.671. The van der Waals surface area contributed by atoms with E-state index >= 15 is 0 Å². The van der Waals surface area contributed by atoms with Gasteiger partial charge in [0, 0.05) is 18.2 Å². The Hall–Kier alpha value is -1.55. The second-order valence-corrected chi connectivity index (χ2v) is 5.09. The third-order valence-electron chi connectivity index (χ3n) is 3.53. The molecule has 0 saturated heterocycles. The Labute approximate surface area is 114 Å². The molecule has 0 spiro atoms. The van der Waals surface area contributed by atoms with Crippen molar-refractivity contribution in [3.05, 3.63) is 29.8 Å². The molecular weight excluding hydrogens is 240 g/mol. The van der Waals surface area contributed by atoms with Crippen LogP contribution in [0.25, 0.3) is 0 Å². The maximum atomic E-state index is 11.9. The minimum absolute atomic E-state index is 0.0442. The average molecular weight is 262 g/mol. The van der Waals surface area contributed by atoms with E-state index in [0.717, 1.165) is 18.6 Å². The van der Waals surface area contributed by atoms with E-state index in [0.29, 0.717) is 18.2 Å². The molecule has 1 amide bonds. The lowest BCUT2D eigenvalue weighted by Gasteiger charge is -2.26. The van der Waals surface area contributed by atoms with Gasteiger partial charge in [-0.15, -0.1) is 0 Å². The molecule has 0 radical (unpaired) electrons. The third-order valence-corrected chi connectivity index (χ3v) is 3.53. The minimum atomic E-state index is -0.0442. The van der Waals surface area contributed by atoms with Gasteiger partial charge in [0.15, 0.2) is 0 Å². The molecular formula is C15H22N2O2. The summed E-state index contributed by atoms with van der Waals surface area (Å²) < 4.78 is 5.76. The molecule has 0 aliphatic heterocycles. The lowest BCUT2D eigenvalue weighted by Crippen LogP contribution is -2.37. The number of carbonyl (C=O) groups excluding carboxylic acids is 1. The molecule has 1 aliphatic carbocycles. The summed E-state index contributed by atoms with van der Waals surface area (Å²) >= 11 is 0. The number of carbonyl (C=O) groups is 1. The summed E-state index contributed by atoms with van der Waals surface area (Å²) in [7, 11) is 1.88. The number of hydrogen-bond acceptors (Lipinski definition) is 3. The van der Waals surface area contributed by atoms with Gasteiger partial charge in [-0.25, -0.2) is 0 Å². The van der Waals surface area contributed by atoms with E-state index in [4.69, 9.17) is 4.74 Å². The number of hydrogen-bond donors (Lipinski definition) is 2. The molecule has 1 fully saturated rings. The highest BCUT2D eigenvalue weighted by molar-refractivity contribution is 5.94. The van der Waals surface area contributed by atoms with Gasteiger partial charge in [-0.05, 0) is 57.5 Å². The Morgan fingerprint density at radius 2 is 2.05 bits per heavy atom. The second kappa shape index (κ2) is 6.57. The first-order valence-electron chi connectivity index (χ1n) is 6.91. The normalized spacial score (nSPS) is 16.5. The highest BCUT2D eigenvalue weighted by Crippen LogP contribution is 2.25. The topological polar surface area (TPSA) is 50.4 Å². The maximum absolute atomic E-state index is 11.9. The summed E-state index contributed by atoms with van der Waals surface area (Å²) in [6.07, 6.45) is 3.92. The van der Waals surface area contributed by atoms with Crippen molar-refractivity contribution in [2.75, 3.05) is 13.6 Å². The summed E-state index contributed by atoms with van der Waals surface area (Å²) in [6, 6.07) is 7.63. The fourth-order valence-corrected chi connectivity index (χ4v) is 1.82. The van der Waals surface area contributed by atoms with Crippen molar-refractivity contribution < 1.29 is 9.53 Å². The van der Waals surface area contributed by atoms with Gasteiger partial charge in [-0.3, -0.25) is 4.79 Å². The van der Waals surface area contributed by atoms with Crippen molar-refractivity contribution in [2.45, 2.75) is 38.3 Å². The van der Waals surface area contributed by atoms with Gasteiger partial charge in [0.25, 0.3) is 5.91 Å². The van der Waals surface area contributed by atoms with Gasteiger partial charge in [0.05, 0.1) is 6.10 Å². The van der Waals surface area contributed by atoms with Gasteiger partial charge in [0.2, 0.25) is 0 Å². The van der Waals surface area contributed by atoms with E-state index < -0.39 is 0 Å². The zero-order valence-electron chi connectivity index (χ0n) is 11.6. The predicted molar refractivity (Wildman–Crippen MR) is 75.6 cm³/mol. The first kappa shape index (κ1) is 13.9. The summed E-state index contributed by atoms with van der Waals surface area (Å²) in [5.74, 6) is 0.808. The number of amides is 1. The quantitative estimate of drug-likeness (QED) is 0.824. The molecule has 1 atom stereocenters. The largest absolute Gasteiger partial charge is 0.490 e. The van der Waals surface area contributed by atoms with Crippen molar-refractivity contribution in [1.29, 1.82) is 0 Å². The molecule has 1 aromatic carbocycles. The molecule has 0 aromatic heterocycles. The van der Waals surface area contributed by atoms with Crippen LogP contribution in [0, 0.1) is 0 Å². The van der Waals surface area contributed by atoms with Gasteiger partial charge < -0.3 is 15.4 Å². The average Bonchev–Trinajstić information content (AvgIpc) is 2.40. The highest BCUT2D eigenvalue weighted by Gasteiger charge is 2.19. The molecule has 1 saturated carbocycles. The van der Waals surface area contributed by atoms with Crippen molar-refractivity contribution in [3.63, 3.8) is 0 Å². The molecule has 1 unspecified atom stereocenters. The number of rotatable bonds is 6. The Balaban J connectivity index is 1.84. The number of likely N-dealkylation sites (N-methyl/N-ethyl adjacent to an activating group) is 1. The summed E-state index contributed by atoms with van der Waals surface area (Å²) in [6.45, 7) is 2.64. The Kier molecular flexibility index (Phi) is 4.80. The van der Waals surface area contributed by atoms with Crippen LogP contribution in [0.15, 0.2) is 24.3 Å². The Morgan fingerprint density at radius 3 is 2.58 bits per heavy atom. The number of ether oxygens (including phenoxy) is 1. The number of benzene rings is 1. The van der Waals surface area contributed by atoms with Gasteiger partial charge in [-0.1, -0.05) is 0 Å². The van der Waals surface area contributed by atoms with E-state index in [-0.39, 0.29) is 11.9 Å². The van der Waals surface area contributed by atoms with E-state index in [1.165, 1.54) is 6.42 Å². The molecule has 1 aliphatic rings. The van der Waals surface area contributed by atoms with Crippen LogP contribution in [-0.2, 0) is 0 Å². The molecule has 0 heterocycles. The van der Waals surface area contributed by atoms with Crippen LogP contribution >= 0.6 is 0 Å². The zero-order chi connectivity index (χ0) is 13.7. The van der Waals surface area contributed by atoms with Crippen LogP contribution in [-0.4, -0.2) is 31.6 Å². The van der Waals surface area contributed by atoms with Gasteiger partial charge >= 0.3 is 0 Å². The van der Waals surface area contributed by atoms with Crippen molar-refractivity contribution >= 4 is 5.91 Å². The van der Waals surface area contributed by atoms with Crippen LogP contribution in [0.1, 0.15) is 36.5 Å². The lowest BCUT2D eigenvalue weighted by molar-refractivity contribution is 0.0950. The monoisotopic (exact) mass is 262 g/mol. The standard InChI is InChI=1S/C15H22N2O2/c1-11(16-2)10-17-15(18)12-6-8-14(9-7-12)19-13-4-3-5-13/h6-9,11,13,16H,3-5,10H2,1-2H3,(H,17,18). The Bertz CT molecular complexity index is 413. The molecule has 0 bridgehead atoms. The Morgan fingerprint density at radius 1 is 1.37 bits per heavy atom. The third kappa shape index (κ3) is 3.96. The van der Waals surface area contributed by atoms with Crippen LogP contribution in [0.2, 0.25) is 0 Å². The SMILES string of the molecule is CNC(C)CNC(=O)c1ccc(OC2CCC2)cc1. The summed E-state index contributed by atoms with van der Waals surface area (Å²) in [5, 5.41) is 5.97. The first-order valence-corrected chi connectivity index (χ1v) is 6.91. The minimum Gasteiger partial charge on any atom is -0.490 e. The van der Waals surface area contributed by atoms with E-state index in [1.807, 2.05) is 38.2 Å². The maximum Gasteiger partial charge on any atom is 0.251 e.